The topological polar surface area (TPSA) is 55.8 Å². The Hall–Kier alpha value is -3.27. The van der Waals surface area contributed by atoms with Crippen LogP contribution in [0.3, 0.4) is 0 Å². The van der Waals surface area contributed by atoms with Crippen LogP contribution < -0.4 is 9.47 Å². The van der Waals surface area contributed by atoms with Crippen LogP contribution in [-0.2, 0) is 11.4 Å². The predicted molar refractivity (Wildman–Crippen MR) is 113 cm³/mol. The van der Waals surface area contributed by atoms with E-state index in [0.29, 0.717) is 30.9 Å². The lowest BCUT2D eigenvalue weighted by atomic mass is 9.94. The van der Waals surface area contributed by atoms with Gasteiger partial charge in [0.25, 0.3) is 0 Å². The molecule has 0 saturated carbocycles. The van der Waals surface area contributed by atoms with Crippen LogP contribution in [-0.4, -0.2) is 11.1 Å². The second-order valence-corrected chi connectivity index (χ2v) is 6.95. The highest BCUT2D eigenvalue weighted by molar-refractivity contribution is 5.69. The highest BCUT2D eigenvalue weighted by Crippen LogP contribution is 2.31. The minimum absolute atomic E-state index is 0.346. The van der Waals surface area contributed by atoms with Crippen molar-refractivity contribution in [2.75, 3.05) is 0 Å². The number of rotatable bonds is 10. The van der Waals surface area contributed by atoms with Gasteiger partial charge < -0.3 is 14.6 Å². The van der Waals surface area contributed by atoms with Gasteiger partial charge in [-0.15, -0.1) is 0 Å². The zero-order valence-electron chi connectivity index (χ0n) is 16.5. The van der Waals surface area contributed by atoms with Gasteiger partial charge in [-0.1, -0.05) is 73.7 Å². The van der Waals surface area contributed by atoms with E-state index in [1.807, 2.05) is 91.9 Å². The molecule has 0 heterocycles. The molecule has 0 aliphatic heterocycles. The Kier molecular flexibility index (Phi) is 7.28. The van der Waals surface area contributed by atoms with Crippen molar-refractivity contribution in [1.29, 1.82) is 0 Å². The quantitative estimate of drug-likeness (QED) is 0.469. The van der Waals surface area contributed by atoms with E-state index >= 15 is 0 Å². The summed E-state index contributed by atoms with van der Waals surface area (Å²) in [5.74, 6) is 0.114. The fourth-order valence-electron chi connectivity index (χ4n) is 3.16. The molecule has 3 aromatic rings. The van der Waals surface area contributed by atoms with Crippen molar-refractivity contribution in [3.05, 3.63) is 96.1 Å². The van der Waals surface area contributed by atoms with Crippen LogP contribution >= 0.6 is 0 Å². The maximum absolute atomic E-state index is 11.5. The molecule has 4 heteroatoms. The molecule has 29 heavy (non-hydrogen) atoms. The number of carboxylic acids is 1. The molecular weight excluding hydrogens is 364 g/mol. The summed E-state index contributed by atoms with van der Waals surface area (Å²) in [6.45, 7) is 2.36. The summed E-state index contributed by atoms with van der Waals surface area (Å²) in [5.41, 5.74) is 2.05. The fraction of sp³-hybridized carbons (Fsp3) is 0.240. The standard InChI is InChI=1S/C25H26O4/c1-2-20(25(26)27)16-24(21-12-7-4-8-13-21)29-23-15-9-14-22(17-23)28-18-19-10-5-3-6-11-19/h3-15,17,20,24H,2,16,18H2,1H3,(H,26,27). The molecule has 0 amide bonds. The van der Waals surface area contributed by atoms with Gasteiger partial charge in [0.1, 0.15) is 24.2 Å². The highest BCUT2D eigenvalue weighted by atomic mass is 16.5. The monoisotopic (exact) mass is 390 g/mol. The van der Waals surface area contributed by atoms with E-state index in [0.717, 1.165) is 11.1 Å². The number of carboxylic acid groups (broad SMARTS) is 1. The summed E-state index contributed by atoms with van der Waals surface area (Å²) in [6.07, 6.45) is 0.620. The van der Waals surface area contributed by atoms with Gasteiger partial charge in [0.05, 0.1) is 5.92 Å². The third kappa shape index (κ3) is 6.11. The highest BCUT2D eigenvalue weighted by Gasteiger charge is 2.23. The van der Waals surface area contributed by atoms with Crippen molar-refractivity contribution in [2.24, 2.45) is 5.92 Å². The smallest absolute Gasteiger partial charge is 0.306 e. The van der Waals surface area contributed by atoms with Gasteiger partial charge in [0.2, 0.25) is 0 Å². The van der Waals surface area contributed by atoms with E-state index in [4.69, 9.17) is 9.47 Å². The van der Waals surface area contributed by atoms with Crippen molar-refractivity contribution >= 4 is 5.97 Å². The van der Waals surface area contributed by atoms with Gasteiger partial charge in [0.15, 0.2) is 0 Å². The lowest BCUT2D eigenvalue weighted by molar-refractivity contribution is -0.142. The van der Waals surface area contributed by atoms with Crippen LogP contribution in [0.25, 0.3) is 0 Å². The Morgan fingerprint density at radius 3 is 2.21 bits per heavy atom. The molecule has 0 saturated heterocycles. The van der Waals surface area contributed by atoms with Gasteiger partial charge in [-0.25, -0.2) is 0 Å². The Bertz CT molecular complexity index is 893. The van der Waals surface area contributed by atoms with Gasteiger partial charge in [-0.2, -0.15) is 0 Å². The van der Waals surface area contributed by atoms with Crippen molar-refractivity contribution in [3.8, 4) is 11.5 Å². The molecule has 3 rings (SSSR count). The second kappa shape index (κ2) is 10.3. The van der Waals surface area contributed by atoms with Crippen LogP contribution in [0.4, 0.5) is 0 Å². The van der Waals surface area contributed by atoms with Crippen molar-refractivity contribution in [1.82, 2.24) is 0 Å². The van der Waals surface area contributed by atoms with Gasteiger partial charge in [-0.3, -0.25) is 4.79 Å². The first kappa shape index (κ1) is 20.5. The zero-order chi connectivity index (χ0) is 20.5. The molecule has 0 aliphatic rings. The van der Waals surface area contributed by atoms with E-state index in [9.17, 15) is 9.90 Å². The molecule has 2 atom stereocenters. The number of benzene rings is 3. The number of hydrogen-bond donors (Lipinski definition) is 1. The first-order valence-electron chi connectivity index (χ1n) is 9.87. The molecule has 4 nitrogen and oxygen atoms in total. The molecule has 3 aromatic carbocycles. The Balaban J connectivity index is 1.74. The lowest BCUT2D eigenvalue weighted by Gasteiger charge is -2.23. The number of hydrogen-bond acceptors (Lipinski definition) is 3. The third-order valence-corrected chi connectivity index (χ3v) is 4.84. The Morgan fingerprint density at radius 2 is 1.55 bits per heavy atom. The third-order valence-electron chi connectivity index (χ3n) is 4.84. The van der Waals surface area contributed by atoms with Crippen molar-refractivity contribution in [3.63, 3.8) is 0 Å². The van der Waals surface area contributed by atoms with Gasteiger partial charge in [-0.05, 0) is 29.7 Å². The largest absolute Gasteiger partial charge is 0.489 e. The van der Waals surface area contributed by atoms with Crippen LogP contribution in [0, 0.1) is 5.92 Å². The minimum Gasteiger partial charge on any atom is -0.489 e. The SMILES string of the molecule is CCC(CC(Oc1cccc(OCc2ccccc2)c1)c1ccccc1)C(=O)O. The van der Waals surface area contributed by atoms with Crippen LogP contribution in [0.15, 0.2) is 84.9 Å². The summed E-state index contributed by atoms with van der Waals surface area (Å²) in [5, 5.41) is 9.48. The summed E-state index contributed by atoms with van der Waals surface area (Å²) in [7, 11) is 0. The van der Waals surface area contributed by atoms with Crippen LogP contribution in [0.2, 0.25) is 0 Å². The molecular formula is C25H26O4. The maximum Gasteiger partial charge on any atom is 0.306 e. The fourth-order valence-corrected chi connectivity index (χ4v) is 3.16. The molecule has 1 N–H and O–H groups in total. The predicted octanol–water partition coefficient (Wildman–Crippen LogP) is 5.89. The average molecular weight is 390 g/mol. The molecule has 0 spiro atoms. The van der Waals surface area contributed by atoms with E-state index in [-0.39, 0.29) is 6.10 Å². The summed E-state index contributed by atoms with van der Waals surface area (Å²) < 4.78 is 12.1. The van der Waals surface area contributed by atoms with Crippen molar-refractivity contribution in [2.45, 2.75) is 32.5 Å². The van der Waals surface area contributed by atoms with E-state index in [2.05, 4.69) is 0 Å². The molecule has 0 bridgehead atoms. The van der Waals surface area contributed by atoms with Crippen molar-refractivity contribution < 1.29 is 19.4 Å². The number of ether oxygens (including phenoxy) is 2. The van der Waals surface area contributed by atoms with Gasteiger partial charge in [0, 0.05) is 12.5 Å². The zero-order valence-corrected chi connectivity index (χ0v) is 16.5. The lowest BCUT2D eigenvalue weighted by Crippen LogP contribution is -2.19. The van der Waals surface area contributed by atoms with Gasteiger partial charge >= 0.3 is 5.97 Å². The molecule has 0 fully saturated rings. The molecule has 0 aliphatic carbocycles. The second-order valence-electron chi connectivity index (χ2n) is 6.95. The Labute approximate surface area is 171 Å². The normalized spacial score (nSPS) is 12.7. The molecule has 2 unspecified atom stereocenters. The summed E-state index contributed by atoms with van der Waals surface area (Å²) >= 11 is 0. The minimum atomic E-state index is -0.794. The maximum atomic E-state index is 11.5. The first-order valence-corrected chi connectivity index (χ1v) is 9.87. The van der Waals surface area contributed by atoms with Crippen LogP contribution in [0.5, 0.6) is 11.5 Å². The molecule has 0 radical (unpaired) electrons. The average Bonchev–Trinajstić information content (AvgIpc) is 2.76. The summed E-state index contributed by atoms with van der Waals surface area (Å²) in [4.78, 5) is 11.5. The number of aliphatic carboxylic acids is 1. The number of carbonyl (C=O) groups is 1. The first-order chi connectivity index (χ1) is 14.2. The van der Waals surface area contributed by atoms with E-state index in [1.165, 1.54) is 0 Å². The summed E-state index contributed by atoms with van der Waals surface area (Å²) in [6, 6.07) is 27.2. The van der Waals surface area contributed by atoms with E-state index in [1.54, 1.807) is 0 Å². The molecule has 0 aromatic heterocycles. The van der Waals surface area contributed by atoms with Crippen LogP contribution in [0.1, 0.15) is 37.0 Å². The Morgan fingerprint density at radius 1 is 0.897 bits per heavy atom. The van der Waals surface area contributed by atoms with E-state index < -0.39 is 11.9 Å². The molecule has 150 valence electrons.